The molecule has 0 unspecified atom stereocenters. The third-order valence-corrected chi connectivity index (χ3v) is 8.77. The van der Waals surface area contributed by atoms with Crippen molar-refractivity contribution in [3.05, 3.63) is 23.0 Å². The molecule has 4 heteroatoms. The number of allylic oxidation sites excluding steroid dienone is 2. The second kappa shape index (κ2) is 6.81. The predicted octanol–water partition coefficient (Wildman–Crippen LogP) is 5.55. The monoisotopic (exact) mass is 388 g/mol. The Morgan fingerprint density at radius 1 is 1.18 bits per heavy atom. The van der Waals surface area contributed by atoms with Crippen LogP contribution in [0.5, 0.6) is 0 Å². The van der Waals surface area contributed by atoms with Crippen molar-refractivity contribution in [1.29, 1.82) is 0 Å². The largest absolute Gasteiger partial charge is 0.461 e. The fourth-order valence-electron chi connectivity index (χ4n) is 7.39. The summed E-state index contributed by atoms with van der Waals surface area (Å²) in [6.07, 6.45) is 8.57. The van der Waals surface area contributed by atoms with Crippen LogP contribution < -0.4 is 0 Å². The minimum atomic E-state index is -0.790. The van der Waals surface area contributed by atoms with E-state index in [0.717, 1.165) is 38.5 Å². The second-order valence-electron chi connectivity index (χ2n) is 10.0. The SMILES string of the molecule is CCOC(=O)C(F)=C1CC[C@H]2[C@@H]3CCC4=CC(=O)[C@H](C)C[C@]4(C)[C@H]3CC[C@]12C. The summed E-state index contributed by atoms with van der Waals surface area (Å²) in [5.74, 6) is 0.495. The maximum atomic E-state index is 14.9. The maximum Gasteiger partial charge on any atom is 0.367 e. The maximum absolute atomic E-state index is 14.9. The molecular formula is C24H33FO3. The van der Waals surface area contributed by atoms with Crippen LogP contribution in [0.2, 0.25) is 0 Å². The molecule has 28 heavy (non-hydrogen) atoms. The van der Waals surface area contributed by atoms with E-state index in [1.807, 2.05) is 6.08 Å². The van der Waals surface area contributed by atoms with E-state index >= 15 is 0 Å². The van der Waals surface area contributed by atoms with Gasteiger partial charge in [-0.2, -0.15) is 4.39 Å². The molecule has 0 spiro atoms. The molecule has 0 N–H and O–H groups in total. The minimum absolute atomic E-state index is 0.0982. The molecule has 3 nitrogen and oxygen atoms in total. The molecule has 4 rings (SSSR count). The number of halogens is 1. The molecule has 0 aromatic rings. The van der Waals surface area contributed by atoms with Gasteiger partial charge in [0.05, 0.1) is 6.61 Å². The van der Waals surface area contributed by atoms with Crippen LogP contribution in [-0.4, -0.2) is 18.4 Å². The number of esters is 1. The van der Waals surface area contributed by atoms with E-state index < -0.39 is 11.8 Å². The van der Waals surface area contributed by atoms with Crippen LogP contribution in [-0.2, 0) is 14.3 Å². The summed E-state index contributed by atoms with van der Waals surface area (Å²) >= 11 is 0. The lowest BCUT2D eigenvalue weighted by atomic mass is 9.46. The van der Waals surface area contributed by atoms with Gasteiger partial charge in [0.1, 0.15) is 0 Å². The number of rotatable bonds is 2. The Kier molecular flexibility index (Phi) is 4.83. The minimum Gasteiger partial charge on any atom is -0.461 e. The zero-order valence-corrected chi connectivity index (χ0v) is 17.6. The lowest BCUT2D eigenvalue weighted by molar-refractivity contribution is -0.140. The van der Waals surface area contributed by atoms with E-state index in [1.54, 1.807) is 6.92 Å². The second-order valence-corrected chi connectivity index (χ2v) is 10.0. The van der Waals surface area contributed by atoms with Gasteiger partial charge in [-0.1, -0.05) is 26.3 Å². The average Bonchev–Trinajstić information content (AvgIpc) is 3.00. The first-order valence-electron chi connectivity index (χ1n) is 11.0. The normalized spacial score (nSPS) is 44.2. The highest BCUT2D eigenvalue weighted by atomic mass is 19.1. The van der Waals surface area contributed by atoms with Crippen molar-refractivity contribution in [3.8, 4) is 0 Å². The van der Waals surface area contributed by atoms with Gasteiger partial charge in [-0.15, -0.1) is 0 Å². The average molecular weight is 389 g/mol. The first-order valence-corrected chi connectivity index (χ1v) is 11.0. The summed E-state index contributed by atoms with van der Waals surface area (Å²) in [4.78, 5) is 24.3. The highest BCUT2D eigenvalue weighted by Gasteiger charge is 2.59. The Balaban J connectivity index is 1.66. The zero-order chi connectivity index (χ0) is 20.3. The lowest BCUT2D eigenvalue weighted by Gasteiger charge is -2.58. The van der Waals surface area contributed by atoms with Crippen LogP contribution >= 0.6 is 0 Å². The van der Waals surface area contributed by atoms with E-state index in [9.17, 15) is 14.0 Å². The molecule has 0 aromatic heterocycles. The van der Waals surface area contributed by atoms with Gasteiger partial charge in [-0.25, -0.2) is 4.79 Å². The fraction of sp³-hybridized carbons (Fsp3) is 0.750. The van der Waals surface area contributed by atoms with E-state index in [-0.39, 0.29) is 29.1 Å². The Hall–Kier alpha value is -1.45. The number of hydrogen-bond donors (Lipinski definition) is 0. The van der Waals surface area contributed by atoms with Crippen molar-refractivity contribution in [3.63, 3.8) is 0 Å². The summed E-state index contributed by atoms with van der Waals surface area (Å²) in [6, 6.07) is 0. The first-order chi connectivity index (χ1) is 13.2. The number of ether oxygens (including phenoxy) is 1. The summed E-state index contributed by atoms with van der Waals surface area (Å²) in [5, 5.41) is 0. The Morgan fingerprint density at radius 3 is 2.61 bits per heavy atom. The predicted molar refractivity (Wildman–Crippen MR) is 106 cm³/mol. The molecule has 0 saturated heterocycles. The van der Waals surface area contributed by atoms with Crippen molar-refractivity contribution in [2.24, 2.45) is 34.5 Å². The van der Waals surface area contributed by atoms with Crippen molar-refractivity contribution in [1.82, 2.24) is 0 Å². The van der Waals surface area contributed by atoms with Gasteiger partial charge in [0.15, 0.2) is 5.78 Å². The molecule has 0 aromatic carbocycles. The van der Waals surface area contributed by atoms with Gasteiger partial charge in [-0.3, -0.25) is 4.79 Å². The third kappa shape index (κ3) is 2.74. The molecule has 6 atom stereocenters. The Labute approximate surface area is 167 Å². The van der Waals surface area contributed by atoms with Crippen LogP contribution in [0.25, 0.3) is 0 Å². The summed E-state index contributed by atoms with van der Waals surface area (Å²) in [6.45, 7) is 8.52. The van der Waals surface area contributed by atoms with E-state index in [0.29, 0.717) is 29.7 Å². The third-order valence-electron chi connectivity index (χ3n) is 8.77. The quantitative estimate of drug-likeness (QED) is 0.460. The van der Waals surface area contributed by atoms with Gasteiger partial charge in [0, 0.05) is 5.92 Å². The van der Waals surface area contributed by atoms with Crippen LogP contribution in [0.15, 0.2) is 23.0 Å². The van der Waals surface area contributed by atoms with Crippen molar-refractivity contribution in [2.75, 3.05) is 6.61 Å². The molecule has 0 radical (unpaired) electrons. The van der Waals surface area contributed by atoms with Gasteiger partial charge in [0.2, 0.25) is 5.83 Å². The van der Waals surface area contributed by atoms with E-state index in [1.165, 1.54) is 5.57 Å². The number of carbonyl (C=O) groups is 2. The number of carbonyl (C=O) groups excluding carboxylic acids is 2. The van der Waals surface area contributed by atoms with Crippen molar-refractivity contribution in [2.45, 2.75) is 72.6 Å². The molecule has 154 valence electrons. The Morgan fingerprint density at radius 2 is 1.89 bits per heavy atom. The standard InChI is InChI=1S/C24H33FO3/c1-5-28-22(27)21(25)19-9-8-17-16-7-6-15-12-20(26)14(2)13-24(15,4)18(16)10-11-23(17,19)3/h12,14,16-18H,5-11,13H2,1-4H3/t14-,16+,17+,18+,23+,24+/m1/s1. The van der Waals surface area contributed by atoms with Gasteiger partial charge >= 0.3 is 5.97 Å². The van der Waals surface area contributed by atoms with Gasteiger partial charge < -0.3 is 4.74 Å². The first kappa shape index (κ1) is 19.8. The molecule has 0 aliphatic heterocycles. The van der Waals surface area contributed by atoms with Crippen LogP contribution in [0.1, 0.15) is 72.6 Å². The Bertz CT molecular complexity index is 766. The molecular weight excluding hydrogens is 355 g/mol. The van der Waals surface area contributed by atoms with E-state index in [2.05, 4.69) is 20.8 Å². The topological polar surface area (TPSA) is 43.4 Å². The number of fused-ring (bicyclic) bond motifs is 5. The van der Waals surface area contributed by atoms with Gasteiger partial charge in [-0.05, 0) is 92.1 Å². The summed E-state index contributed by atoms with van der Waals surface area (Å²) in [7, 11) is 0. The highest BCUT2D eigenvalue weighted by molar-refractivity contribution is 5.93. The fourth-order valence-corrected chi connectivity index (χ4v) is 7.39. The summed E-state index contributed by atoms with van der Waals surface area (Å²) < 4.78 is 19.9. The van der Waals surface area contributed by atoms with Crippen LogP contribution in [0.4, 0.5) is 4.39 Å². The molecule has 4 aliphatic rings. The van der Waals surface area contributed by atoms with E-state index in [4.69, 9.17) is 4.74 Å². The van der Waals surface area contributed by atoms with Crippen molar-refractivity contribution < 1.29 is 18.7 Å². The van der Waals surface area contributed by atoms with Crippen molar-refractivity contribution >= 4 is 11.8 Å². The van der Waals surface area contributed by atoms with Gasteiger partial charge in [0.25, 0.3) is 0 Å². The molecule has 0 amide bonds. The van der Waals surface area contributed by atoms with Crippen LogP contribution in [0, 0.1) is 34.5 Å². The summed E-state index contributed by atoms with van der Waals surface area (Å²) in [5.41, 5.74) is 1.93. The molecule has 0 heterocycles. The highest BCUT2D eigenvalue weighted by Crippen LogP contribution is 2.67. The molecule has 3 fully saturated rings. The molecule has 3 saturated carbocycles. The van der Waals surface area contributed by atoms with Crippen LogP contribution in [0.3, 0.4) is 0 Å². The smallest absolute Gasteiger partial charge is 0.367 e. The molecule has 0 bridgehead atoms. The number of ketones is 1. The number of hydrogen-bond acceptors (Lipinski definition) is 3. The molecule has 4 aliphatic carbocycles. The lowest BCUT2D eigenvalue weighted by Crippen LogP contribution is -2.50. The zero-order valence-electron chi connectivity index (χ0n) is 17.6.